The highest BCUT2D eigenvalue weighted by atomic mass is 16.5. The highest BCUT2D eigenvalue weighted by Gasteiger charge is 2.24. The van der Waals surface area contributed by atoms with Crippen molar-refractivity contribution in [2.45, 2.75) is 32.8 Å². The number of likely N-dealkylation sites (tertiary alicyclic amines) is 1. The van der Waals surface area contributed by atoms with Crippen LogP contribution in [0.25, 0.3) is 21.8 Å². The molecule has 0 N–H and O–H groups in total. The maximum absolute atomic E-state index is 13.5. The van der Waals surface area contributed by atoms with Crippen molar-refractivity contribution in [3.05, 3.63) is 72.6 Å². The molecule has 1 aliphatic rings. The summed E-state index contributed by atoms with van der Waals surface area (Å²) >= 11 is 0. The molecule has 4 aromatic rings. The number of esters is 1. The van der Waals surface area contributed by atoms with Crippen LogP contribution in [0, 0.1) is 5.92 Å². The van der Waals surface area contributed by atoms with Crippen molar-refractivity contribution in [2.24, 2.45) is 5.92 Å². The minimum Gasteiger partial charge on any atom is -0.458 e. The number of piperidine rings is 1. The number of carbonyl (C=O) groups excluding carboxylic acids is 2. The van der Waals surface area contributed by atoms with Gasteiger partial charge in [0.05, 0.1) is 16.6 Å². The number of rotatable bonds is 4. The highest BCUT2D eigenvalue weighted by Crippen LogP contribution is 2.25. The van der Waals surface area contributed by atoms with E-state index in [0.717, 1.165) is 30.5 Å². The van der Waals surface area contributed by atoms with Crippen LogP contribution in [-0.2, 0) is 4.74 Å². The van der Waals surface area contributed by atoms with Gasteiger partial charge < -0.3 is 4.74 Å². The first-order valence-electron chi connectivity index (χ1n) is 11.7. The standard InChI is InChI=1S/C27H29N3O3/c1-19-8-7-14-28(16-19)17-20(2)33-26(31)23-18-30(25-12-6-4-10-22(23)25)27(32)29-15-13-21-9-3-5-11-24(21)29/h3-6,9-13,15,18-20H,7-8,14,16-17H2,1-2H3. The zero-order valence-electron chi connectivity index (χ0n) is 19.1. The SMILES string of the molecule is CC1CCCN(CC(C)OC(=O)c2cn(C(=O)n3ccc4ccccc43)c3ccccc23)C1. The normalized spacial score (nSPS) is 17.9. The Kier molecular flexibility index (Phi) is 5.77. The van der Waals surface area contributed by atoms with Crippen molar-refractivity contribution in [1.29, 1.82) is 0 Å². The highest BCUT2D eigenvalue weighted by molar-refractivity contribution is 6.08. The van der Waals surface area contributed by atoms with Crippen LogP contribution in [-0.4, -0.2) is 51.8 Å². The van der Waals surface area contributed by atoms with Crippen molar-refractivity contribution in [3.8, 4) is 0 Å². The van der Waals surface area contributed by atoms with Gasteiger partial charge >= 0.3 is 12.0 Å². The molecule has 0 aliphatic carbocycles. The fourth-order valence-corrected chi connectivity index (χ4v) is 4.97. The lowest BCUT2D eigenvalue weighted by atomic mass is 10.0. The number of aromatic nitrogens is 2. The van der Waals surface area contributed by atoms with Crippen molar-refractivity contribution in [3.63, 3.8) is 0 Å². The van der Waals surface area contributed by atoms with Crippen LogP contribution < -0.4 is 0 Å². The van der Waals surface area contributed by atoms with Crippen molar-refractivity contribution in [1.82, 2.24) is 14.0 Å². The molecule has 2 aromatic carbocycles. The van der Waals surface area contributed by atoms with E-state index in [4.69, 9.17) is 4.74 Å². The number of hydrogen-bond acceptors (Lipinski definition) is 4. The predicted molar refractivity (Wildman–Crippen MR) is 130 cm³/mol. The molecule has 170 valence electrons. The van der Waals surface area contributed by atoms with Crippen molar-refractivity contribution in [2.75, 3.05) is 19.6 Å². The molecular weight excluding hydrogens is 414 g/mol. The molecule has 0 bridgehead atoms. The zero-order valence-corrected chi connectivity index (χ0v) is 19.1. The first-order valence-corrected chi connectivity index (χ1v) is 11.7. The largest absolute Gasteiger partial charge is 0.458 e. The summed E-state index contributed by atoms with van der Waals surface area (Å²) in [4.78, 5) is 29.0. The number of carbonyl (C=O) groups is 2. The van der Waals surface area contributed by atoms with Gasteiger partial charge in [-0.15, -0.1) is 0 Å². The molecule has 2 aromatic heterocycles. The third-order valence-electron chi connectivity index (χ3n) is 6.51. The van der Waals surface area contributed by atoms with Crippen LogP contribution in [0.5, 0.6) is 0 Å². The predicted octanol–water partition coefficient (Wildman–Crippen LogP) is 5.39. The lowest BCUT2D eigenvalue weighted by Crippen LogP contribution is -2.39. The number of benzene rings is 2. The topological polar surface area (TPSA) is 56.5 Å². The fourth-order valence-electron chi connectivity index (χ4n) is 4.97. The summed E-state index contributed by atoms with van der Waals surface area (Å²) in [6.45, 7) is 7.02. The second kappa shape index (κ2) is 8.87. The number of para-hydroxylation sites is 2. The van der Waals surface area contributed by atoms with Gasteiger partial charge in [0.25, 0.3) is 0 Å². The Morgan fingerprint density at radius 3 is 2.61 bits per heavy atom. The lowest BCUT2D eigenvalue weighted by Gasteiger charge is -2.32. The summed E-state index contributed by atoms with van der Waals surface area (Å²) in [5.74, 6) is 0.281. The van der Waals surface area contributed by atoms with E-state index < -0.39 is 5.97 Å². The maximum atomic E-state index is 13.5. The Morgan fingerprint density at radius 1 is 1.03 bits per heavy atom. The second-order valence-corrected chi connectivity index (χ2v) is 9.18. The van der Waals surface area contributed by atoms with Crippen LogP contribution >= 0.6 is 0 Å². The van der Waals surface area contributed by atoms with Gasteiger partial charge in [-0.3, -0.25) is 14.0 Å². The molecule has 0 saturated carbocycles. The summed E-state index contributed by atoms with van der Waals surface area (Å²) in [5, 5.41) is 1.70. The second-order valence-electron chi connectivity index (χ2n) is 9.18. The summed E-state index contributed by atoms with van der Waals surface area (Å²) in [6.07, 6.45) is 5.59. The summed E-state index contributed by atoms with van der Waals surface area (Å²) in [5.41, 5.74) is 1.92. The third kappa shape index (κ3) is 4.18. The average Bonchev–Trinajstić information content (AvgIpc) is 3.41. The molecule has 5 rings (SSSR count). The number of fused-ring (bicyclic) bond motifs is 2. The van der Waals surface area contributed by atoms with Gasteiger partial charge in [0.1, 0.15) is 6.10 Å². The van der Waals surface area contributed by atoms with E-state index >= 15 is 0 Å². The average molecular weight is 444 g/mol. The molecular formula is C27H29N3O3. The first kappa shape index (κ1) is 21.5. The lowest BCUT2D eigenvalue weighted by molar-refractivity contribution is 0.0217. The Labute approximate surface area is 193 Å². The van der Waals surface area contributed by atoms with Gasteiger partial charge in [0, 0.05) is 36.3 Å². The quantitative estimate of drug-likeness (QED) is 0.397. The molecule has 6 nitrogen and oxygen atoms in total. The van der Waals surface area contributed by atoms with E-state index in [0.29, 0.717) is 22.4 Å². The van der Waals surface area contributed by atoms with Crippen LogP contribution in [0.4, 0.5) is 4.79 Å². The molecule has 0 spiro atoms. The van der Waals surface area contributed by atoms with E-state index in [9.17, 15) is 9.59 Å². The van der Waals surface area contributed by atoms with E-state index in [-0.39, 0.29) is 12.1 Å². The molecule has 33 heavy (non-hydrogen) atoms. The molecule has 0 radical (unpaired) electrons. The Morgan fingerprint density at radius 2 is 1.79 bits per heavy atom. The summed E-state index contributed by atoms with van der Waals surface area (Å²) in [7, 11) is 0. The van der Waals surface area contributed by atoms with E-state index in [1.165, 1.54) is 17.4 Å². The molecule has 1 fully saturated rings. The van der Waals surface area contributed by atoms with Gasteiger partial charge in [-0.25, -0.2) is 9.59 Å². The fraction of sp³-hybridized carbons (Fsp3) is 0.333. The van der Waals surface area contributed by atoms with Crippen LogP contribution in [0.1, 0.15) is 37.0 Å². The molecule has 1 saturated heterocycles. The van der Waals surface area contributed by atoms with Crippen molar-refractivity contribution < 1.29 is 14.3 Å². The van der Waals surface area contributed by atoms with Gasteiger partial charge in [-0.05, 0) is 50.4 Å². The maximum Gasteiger partial charge on any atom is 0.340 e. The minimum atomic E-state index is -0.396. The smallest absolute Gasteiger partial charge is 0.340 e. The monoisotopic (exact) mass is 443 g/mol. The first-order chi connectivity index (χ1) is 16.0. The van der Waals surface area contributed by atoms with E-state index in [2.05, 4.69) is 11.8 Å². The summed E-state index contributed by atoms with van der Waals surface area (Å²) < 4.78 is 8.97. The van der Waals surface area contributed by atoms with Gasteiger partial charge in [-0.1, -0.05) is 43.3 Å². The number of hydrogen-bond donors (Lipinski definition) is 0. The van der Waals surface area contributed by atoms with Gasteiger partial charge in [0.2, 0.25) is 0 Å². The Balaban J connectivity index is 1.41. The molecule has 2 atom stereocenters. The molecule has 3 heterocycles. The van der Waals surface area contributed by atoms with Crippen LogP contribution in [0.2, 0.25) is 0 Å². The Bertz CT molecular complexity index is 1320. The third-order valence-corrected chi connectivity index (χ3v) is 6.51. The molecule has 2 unspecified atom stereocenters. The van der Waals surface area contributed by atoms with Gasteiger partial charge in [0.15, 0.2) is 0 Å². The van der Waals surface area contributed by atoms with Crippen LogP contribution in [0.3, 0.4) is 0 Å². The van der Waals surface area contributed by atoms with E-state index in [1.54, 1.807) is 17.0 Å². The number of ether oxygens (including phenoxy) is 1. The van der Waals surface area contributed by atoms with E-state index in [1.807, 2.05) is 61.5 Å². The minimum absolute atomic E-state index is 0.228. The van der Waals surface area contributed by atoms with Gasteiger partial charge in [-0.2, -0.15) is 0 Å². The summed E-state index contributed by atoms with van der Waals surface area (Å²) in [6, 6.07) is 16.9. The molecule has 6 heteroatoms. The Hall–Kier alpha value is -3.38. The zero-order chi connectivity index (χ0) is 22.9. The molecule has 1 aliphatic heterocycles. The van der Waals surface area contributed by atoms with Crippen molar-refractivity contribution >= 4 is 33.8 Å². The van der Waals surface area contributed by atoms with Crippen LogP contribution in [0.15, 0.2) is 67.0 Å². The molecule has 0 amide bonds. The number of nitrogens with zero attached hydrogens (tertiary/aromatic N) is 3.